The molecule has 21 heavy (non-hydrogen) atoms. The Morgan fingerprint density at radius 1 is 0.381 bits per heavy atom. The van der Waals surface area contributed by atoms with Crippen molar-refractivity contribution in [2.45, 2.75) is 0 Å². The van der Waals surface area contributed by atoms with Gasteiger partial charge in [-0.3, -0.25) is 0 Å². The van der Waals surface area contributed by atoms with E-state index in [1.165, 1.54) is 0 Å². The zero-order valence-electron chi connectivity index (χ0n) is 11.5. The predicted octanol–water partition coefficient (Wildman–Crippen LogP) is -3.40. The molecule has 0 spiro atoms. The standard InChI is InChI=1S/Mg.4H3O3PS.2H/c;4*1-4(2,3)5;;/h;4*(H3,1,2,3,5);;/q+2;;;;;2*-1. The summed E-state index contributed by atoms with van der Waals surface area (Å²) in [6, 6.07) is 0. The summed E-state index contributed by atoms with van der Waals surface area (Å²) >= 11 is 14.4. The van der Waals surface area contributed by atoms with Crippen LogP contribution in [0.15, 0.2) is 0 Å². The van der Waals surface area contributed by atoms with E-state index in [-0.39, 0.29) is 25.9 Å². The topological polar surface area (TPSA) is 243 Å². The fraction of sp³-hybridized carbons (Fsp3) is 0. The van der Waals surface area contributed by atoms with E-state index in [1.807, 2.05) is 0 Å². The molecule has 0 atom stereocenters. The molecule has 0 rings (SSSR count). The number of rotatable bonds is 0. The first-order valence-electron chi connectivity index (χ1n) is 3.13. The minimum absolute atomic E-state index is 0. The van der Waals surface area contributed by atoms with E-state index in [1.54, 1.807) is 0 Å². The molecule has 0 aliphatic carbocycles. The summed E-state index contributed by atoms with van der Waals surface area (Å²) in [6.45, 7) is -15.2. The second kappa shape index (κ2) is 15.2. The Balaban J connectivity index is -0.0000000284. The Labute approximate surface area is 158 Å². The largest absolute Gasteiger partial charge is 2.00 e. The van der Waals surface area contributed by atoms with E-state index < -0.39 is 26.9 Å². The van der Waals surface area contributed by atoms with Gasteiger partial charge in [-0.2, -0.15) is 0 Å². The third-order valence-corrected chi connectivity index (χ3v) is 0. The van der Waals surface area contributed by atoms with Gasteiger partial charge < -0.3 is 61.6 Å². The molecule has 0 amide bonds. The zero-order chi connectivity index (χ0) is 18.0. The molecule has 0 heterocycles. The van der Waals surface area contributed by atoms with Crippen molar-refractivity contribution in [3.63, 3.8) is 0 Å². The van der Waals surface area contributed by atoms with Crippen molar-refractivity contribution < 1.29 is 61.6 Å². The molecular formula is H14MgO12P4S4. The van der Waals surface area contributed by atoms with E-state index in [2.05, 4.69) is 47.2 Å². The van der Waals surface area contributed by atoms with Gasteiger partial charge in [0.2, 0.25) is 0 Å². The van der Waals surface area contributed by atoms with E-state index in [9.17, 15) is 0 Å². The summed E-state index contributed by atoms with van der Waals surface area (Å²) < 4.78 is 0. The van der Waals surface area contributed by atoms with Crippen LogP contribution < -0.4 is 0 Å². The van der Waals surface area contributed by atoms with Gasteiger partial charge in [0.15, 0.2) is 0 Å². The maximum atomic E-state index is 7.56. The third kappa shape index (κ3) is 1200. The second-order valence-corrected chi connectivity index (χ2v) is 12.0. The van der Waals surface area contributed by atoms with Crippen LogP contribution >= 0.6 is 26.9 Å². The predicted molar refractivity (Wildman–Crippen MR) is 91.7 cm³/mol. The van der Waals surface area contributed by atoms with Crippen LogP contribution in [0.4, 0.5) is 0 Å². The fourth-order valence-electron chi connectivity index (χ4n) is 0. The van der Waals surface area contributed by atoms with E-state index in [0.29, 0.717) is 0 Å². The van der Waals surface area contributed by atoms with Gasteiger partial charge in [-0.25, -0.2) is 0 Å². The normalized spacial score (nSPS) is 11.2. The first kappa shape index (κ1) is 35.1. The van der Waals surface area contributed by atoms with Crippen molar-refractivity contribution in [3.05, 3.63) is 0 Å². The van der Waals surface area contributed by atoms with Crippen LogP contribution in [0.3, 0.4) is 0 Å². The molecule has 0 aromatic rings. The van der Waals surface area contributed by atoms with Crippen molar-refractivity contribution in [1.82, 2.24) is 0 Å². The number of hydrogen-bond donors (Lipinski definition) is 12. The molecule has 0 aliphatic rings. The number of hydrogen-bond acceptors (Lipinski definition) is 4. The van der Waals surface area contributed by atoms with Crippen LogP contribution in [0.5, 0.6) is 0 Å². The van der Waals surface area contributed by atoms with E-state index >= 15 is 0 Å². The van der Waals surface area contributed by atoms with Crippen molar-refractivity contribution in [3.8, 4) is 0 Å². The smallest absolute Gasteiger partial charge is 1.00 e. The Morgan fingerprint density at radius 2 is 0.381 bits per heavy atom. The van der Waals surface area contributed by atoms with Crippen LogP contribution in [0, 0.1) is 0 Å². The first-order chi connectivity index (χ1) is 8.00. The summed E-state index contributed by atoms with van der Waals surface area (Å²) in [4.78, 5) is 90.7. The minimum atomic E-state index is -3.81. The van der Waals surface area contributed by atoms with Crippen molar-refractivity contribution in [1.29, 1.82) is 0 Å². The van der Waals surface area contributed by atoms with Crippen LogP contribution in [0.25, 0.3) is 0 Å². The van der Waals surface area contributed by atoms with Gasteiger partial charge in [-0.15, -0.1) is 0 Å². The summed E-state index contributed by atoms with van der Waals surface area (Å²) in [5.74, 6) is 0. The quantitative estimate of drug-likeness (QED) is 0.119. The van der Waals surface area contributed by atoms with Crippen molar-refractivity contribution >= 4 is 97.2 Å². The Bertz CT molecular complexity index is 308. The monoisotopic (exact) mass is 482 g/mol. The molecule has 0 fully saturated rings. The Hall–Kier alpha value is 2.89. The average molecular weight is 483 g/mol. The molecule has 0 bridgehead atoms. The molecule has 21 heteroatoms. The minimum Gasteiger partial charge on any atom is -1.00 e. The SMILES string of the molecule is OP(O)(O)=S.OP(O)(O)=S.OP(O)(O)=S.OP(O)(O)=S.[H-].[H-].[Mg+2]. The fourth-order valence-corrected chi connectivity index (χ4v) is 0. The molecule has 132 valence electrons. The molecule has 12 nitrogen and oxygen atoms in total. The summed E-state index contributed by atoms with van der Waals surface area (Å²) in [6.07, 6.45) is 0. The van der Waals surface area contributed by atoms with E-state index in [0.717, 1.165) is 0 Å². The van der Waals surface area contributed by atoms with Crippen LogP contribution in [-0.4, -0.2) is 81.8 Å². The molecule has 0 aliphatic heterocycles. The van der Waals surface area contributed by atoms with Crippen LogP contribution in [0.2, 0.25) is 0 Å². The Kier molecular flexibility index (Phi) is 25.3. The maximum absolute atomic E-state index is 7.56. The van der Waals surface area contributed by atoms with E-state index in [4.69, 9.17) is 58.7 Å². The van der Waals surface area contributed by atoms with Crippen molar-refractivity contribution in [2.75, 3.05) is 0 Å². The summed E-state index contributed by atoms with van der Waals surface area (Å²) in [7, 11) is 0. The molecule has 12 N–H and O–H groups in total. The van der Waals surface area contributed by atoms with Gasteiger partial charge in [0, 0.05) is 0 Å². The molecule has 0 saturated heterocycles. The summed E-state index contributed by atoms with van der Waals surface area (Å²) in [5, 5.41) is 0. The summed E-state index contributed by atoms with van der Waals surface area (Å²) in [5.41, 5.74) is 0. The Morgan fingerprint density at radius 3 is 0.381 bits per heavy atom. The van der Waals surface area contributed by atoms with Crippen molar-refractivity contribution in [2.24, 2.45) is 0 Å². The second-order valence-electron chi connectivity index (χ2n) is 2.05. The molecular weight excluding hydrogens is 468 g/mol. The zero-order valence-corrected chi connectivity index (χ0v) is 17.8. The molecule has 0 aromatic carbocycles. The molecule has 0 unspecified atom stereocenters. The van der Waals surface area contributed by atoms with Gasteiger partial charge in [-0.1, -0.05) is 0 Å². The first-order valence-corrected chi connectivity index (χ1v) is 13.8. The van der Waals surface area contributed by atoms with Crippen LogP contribution in [0.1, 0.15) is 2.85 Å². The van der Waals surface area contributed by atoms with Gasteiger partial charge in [0.05, 0.1) is 0 Å². The molecule has 0 aromatic heterocycles. The van der Waals surface area contributed by atoms with Crippen LogP contribution in [-0.2, 0) is 47.2 Å². The van der Waals surface area contributed by atoms with Gasteiger partial charge >= 0.3 is 49.9 Å². The average Bonchev–Trinajstić information content (AvgIpc) is 1.62. The molecule has 0 saturated carbocycles. The third-order valence-electron chi connectivity index (χ3n) is 0. The molecule has 0 radical (unpaired) electrons. The van der Waals surface area contributed by atoms with Gasteiger partial charge in [0.1, 0.15) is 0 Å². The maximum Gasteiger partial charge on any atom is 2.00 e. The van der Waals surface area contributed by atoms with Gasteiger partial charge in [0.25, 0.3) is 0 Å². The van der Waals surface area contributed by atoms with Gasteiger partial charge in [-0.05, 0) is 47.2 Å².